The predicted octanol–water partition coefficient (Wildman–Crippen LogP) is 1.10. The molecule has 7 nitrogen and oxygen atoms in total. The van der Waals surface area contributed by atoms with Crippen molar-refractivity contribution in [3.8, 4) is 22.8 Å². The van der Waals surface area contributed by atoms with Gasteiger partial charge in [-0.3, -0.25) is 4.79 Å². The summed E-state index contributed by atoms with van der Waals surface area (Å²) in [5.74, 6) is 0.904. The average Bonchev–Trinajstić information content (AvgIpc) is 2.52. The van der Waals surface area contributed by atoms with Gasteiger partial charge in [-0.15, -0.1) is 0 Å². The van der Waals surface area contributed by atoms with Gasteiger partial charge in [-0.1, -0.05) is 0 Å². The quantitative estimate of drug-likeness (QED) is 0.874. The number of nitrogen functional groups attached to an aromatic ring is 1. The summed E-state index contributed by atoms with van der Waals surface area (Å²) in [5, 5.41) is 2.50. The first-order chi connectivity index (χ1) is 10.1. The normalized spacial score (nSPS) is 10.0. The largest absolute Gasteiger partial charge is 0.497 e. The fourth-order valence-electron chi connectivity index (χ4n) is 1.86. The molecule has 0 fully saturated rings. The zero-order chi connectivity index (χ0) is 15.4. The second-order valence-electron chi connectivity index (χ2n) is 4.14. The molecule has 0 bridgehead atoms. The first-order valence-electron chi connectivity index (χ1n) is 6.18. The Kier molecular flexibility index (Phi) is 4.22. The zero-order valence-electron chi connectivity index (χ0n) is 12.0. The van der Waals surface area contributed by atoms with E-state index in [9.17, 15) is 4.79 Å². The second kappa shape index (κ2) is 6.08. The van der Waals surface area contributed by atoms with Gasteiger partial charge in [0.25, 0.3) is 5.91 Å². The van der Waals surface area contributed by atoms with Gasteiger partial charge in [-0.2, -0.15) is 0 Å². The maximum absolute atomic E-state index is 11.7. The molecule has 0 atom stereocenters. The number of rotatable bonds is 4. The molecule has 0 aliphatic rings. The van der Waals surface area contributed by atoms with Gasteiger partial charge in [0.05, 0.1) is 19.9 Å². The Bertz CT molecular complexity index is 673. The van der Waals surface area contributed by atoms with E-state index in [0.717, 1.165) is 0 Å². The van der Waals surface area contributed by atoms with E-state index < -0.39 is 0 Å². The van der Waals surface area contributed by atoms with Crippen LogP contribution in [0.1, 0.15) is 10.5 Å². The average molecular weight is 288 g/mol. The molecule has 0 saturated heterocycles. The summed E-state index contributed by atoms with van der Waals surface area (Å²) in [5.41, 5.74) is 7.05. The molecular weight excluding hydrogens is 272 g/mol. The minimum Gasteiger partial charge on any atom is -0.497 e. The minimum atomic E-state index is -0.335. The monoisotopic (exact) mass is 288 g/mol. The van der Waals surface area contributed by atoms with Gasteiger partial charge in [0, 0.05) is 18.7 Å². The first kappa shape index (κ1) is 14.6. The predicted molar refractivity (Wildman–Crippen MR) is 78.4 cm³/mol. The molecule has 1 heterocycles. The van der Waals surface area contributed by atoms with Crippen molar-refractivity contribution in [2.75, 3.05) is 27.0 Å². The summed E-state index contributed by atoms with van der Waals surface area (Å²) in [6.45, 7) is 0. The van der Waals surface area contributed by atoms with Crippen LogP contribution in [0.25, 0.3) is 11.3 Å². The number of hydrogen-bond acceptors (Lipinski definition) is 6. The molecule has 2 rings (SSSR count). The van der Waals surface area contributed by atoms with Gasteiger partial charge in [-0.25, -0.2) is 9.97 Å². The number of ether oxygens (including phenoxy) is 2. The summed E-state index contributed by atoms with van der Waals surface area (Å²) < 4.78 is 10.5. The van der Waals surface area contributed by atoms with Crippen molar-refractivity contribution in [1.29, 1.82) is 0 Å². The highest BCUT2D eigenvalue weighted by atomic mass is 16.5. The van der Waals surface area contributed by atoms with Crippen molar-refractivity contribution in [2.24, 2.45) is 0 Å². The fraction of sp³-hybridized carbons (Fsp3) is 0.214. The highest BCUT2D eigenvalue weighted by molar-refractivity contribution is 5.93. The summed E-state index contributed by atoms with van der Waals surface area (Å²) in [7, 11) is 4.64. The first-order valence-corrected chi connectivity index (χ1v) is 6.18. The second-order valence-corrected chi connectivity index (χ2v) is 4.14. The maximum atomic E-state index is 11.7. The number of methoxy groups -OCH3 is 2. The number of anilines is 1. The number of benzene rings is 1. The van der Waals surface area contributed by atoms with Crippen molar-refractivity contribution >= 4 is 11.9 Å². The van der Waals surface area contributed by atoms with Crippen molar-refractivity contribution in [1.82, 2.24) is 15.3 Å². The van der Waals surface area contributed by atoms with Crippen molar-refractivity contribution < 1.29 is 14.3 Å². The van der Waals surface area contributed by atoms with Crippen molar-refractivity contribution in [3.63, 3.8) is 0 Å². The molecule has 21 heavy (non-hydrogen) atoms. The van der Waals surface area contributed by atoms with Crippen LogP contribution in [0.15, 0.2) is 24.3 Å². The molecule has 0 aliphatic carbocycles. The van der Waals surface area contributed by atoms with E-state index in [1.165, 1.54) is 7.05 Å². The van der Waals surface area contributed by atoms with Crippen LogP contribution >= 0.6 is 0 Å². The van der Waals surface area contributed by atoms with Crippen LogP contribution in [-0.4, -0.2) is 37.1 Å². The molecule has 7 heteroatoms. The van der Waals surface area contributed by atoms with Crippen molar-refractivity contribution in [3.05, 3.63) is 30.0 Å². The zero-order valence-corrected chi connectivity index (χ0v) is 12.0. The summed E-state index contributed by atoms with van der Waals surface area (Å²) >= 11 is 0. The van der Waals surface area contributed by atoms with Crippen LogP contribution in [0.3, 0.4) is 0 Å². The number of nitrogens with one attached hydrogen (secondary N) is 1. The summed E-state index contributed by atoms with van der Waals surface area (Å²) in [4.78, 5) is 19.8. The van der Waals surface area contributed by atoms with E-state index in [1.807, 2.05) is 0 Å². The standard InChI is InChI=1S/C14H16N4O3/c1-16-13(19)11-7-10(17-14(15)18-11)9-5-4-8(20-2)6-12(9)21-3/h4-7H,1-3H3,(H,16,19)(H2,15,17,18). The molecule has 1 aromatic carbocycles. The molecule has 2 aromatic rings. The van der Waals surface area contributed by atoms with Gasteiger partial charge >= 0.3 is 0 Å². The van der Waals surface area contributed by atoms with Gasteiger partial charge in [-0.05, 0) is 18.2 Å². The van der Waals surface area contributed by atoms with Crippen LogP contribution < -0.4 is 20.5 Å². The number of nitrogens with two attached hydrogens (primary N) is 1. The van der Waals surface area contributed by atoms with Gasteiger partial charge in [0.15, 0.2) is 0 Å². The van der Waals surface area contributed by atoms with E-state index in [4.69, 9.17) is 15.2 Å². The lowest BCUT2D eigenvalue weighted by molar-refractivity contribution is 0.0958. The third-order valence-electron chi connectivity index (χ3n) is 2.89. The molecule has 0 spiro atoms. The molecule has 3 N–H and O–H groups in total. The molecule has 0 aliphatic heterocycles. The maximum Gasteiger partial charge on any atom is 0.269 e. The molecule has 1 aromatic heterocycles. The molecule has 0 unspecified atom stereocenters. The van der Waals surface area contributed by atoms with Gasteiger partial charge in [0.1, 0.15) is 17.2 Å². The Morgan fingerprint density at radius 3 is 2.57 bits per heavy atom. The van der Waals surface area contributed by atoms with Crippen LogP contribution in [0, 0.1) is 0 Å². The summed E-state index contributed by atoms with van der Waals surface area (Å²) in [6, 6.07) is 6.84. The number of carbonyl (C=O) groups excluding carboxylic acids is 1. The van der Waals surface area contributed by atoms with E-state index in [1.54, 1.807) is 38.5 Å². The number of aromatic nitrogens is 2. The smallest absolute Gasteiger partial charge is 0.269 e. The number of amides is 1. The van der Waals surface area contributed by atoms with Crippen LogP contribution in [-0.2, 0) is 0 Å². The molecule has 1 amide bonds. The van der Waals surface area contributed by atoms with Gasteiger partial charge in [0.2, 0.25) is 5.95 Å². The Labute approximate surface area is 122 Å². The van der Waals surface area contributed by atoms with Crippen LogP contribution in [0.5, 0.6) is 11.5 Å². The Balaban J connectivity index is 2.56. The number of carbonyl (C=O) groups is 1. The number of nitrogens with zero attached hydrogens (tertiary/aromatic N) is 2. The Morgan fingerprint density at radius 2 is 1.95 bits per heavy atom. The fourth-order valence-corrected chi connectivity index (χ4v) is 1.86. The highest BCUT2D eigenvalue weighted by Gasteiger charge is 2.14. The molecular formula is C14H16N4O3. The number of hydrogen-bond donors (Lipinski definition) is 2. The Hall–Kier alpha value is -2.83. The third kappa shape index (κ3) is 3.02. The SMILES string of the molecule is CNC(=O)c1cc(-c2ccc(OC)cc2OC)nc(N)n1. The Morgan fingerprint density at radius 1 is 1.19 bits per heavy atom. The van der Waals surface area contributed by atoms with Crippen LogP contribution in [0.4, 0.5) is 5.95 Å². The lowest BCUT2D eigenvalue weighted by atomic mass is 10.1. The molecule has 0 radical (unpaired) electrons. The topological polar surface area (TPSA) is 99.4 Å². The van der Waals surface area contributed by atoms with Crippen LogP contribution in [0.2, 0.25) is 0 Å². The van der Waals surface area contributed by atoms with E-state index in [0.29, 0.717) is 22.8 Å². The lowest BCUT2D eigenvalue weighted by Gasteiger charge is -2.11. The lowest BCUT2D eigenvalue weighted by Crippen LogP contribution is -2.20. The van der Waals surface area contributed by atoms with E-state index in [2.05, 4.69) is 15.3 Å². The van der Waals surface area contributed by atoms with E-state index >= 15 is 0 Å². The highest BCUT2D eigenvalue weighted by Crippen LogP contribution is 2.32. The van der Waals surface area contributed by atoms with E-state index in [-0.39, 0.29) is 17.5 Å². The van der Waals surface area contributed by atoms with Crippen molar-refractivity contribution in [2.45, 2.75) is 0 Å². The minimum absolute atomic E-state index is 0.0176. The van der Waals surface area contributed by atoms with Gasteiger partial charge < -0.3 is 20.5 Å². The summed E-state index contributed by atoms with van der Waals surface area (Å²) in [6.07, 6.45) is 0. The molecule has 110 valence electrons. The third-order valence-corrected chi connectivity index (χ3v) is 2.89. The molecule has 0 saturated carbocycles.